The molecule has 19 heavy (non-hydrogen) atoms. The number of hydrogen-bond donors (Lipinski definition) is 0. The number of nitrogens with zero attached hydrogens (tertiary/aromatic N) is 1. The van der Waals surface area contributed by atoms with Crippen LogP contribution < -0.4 is 0 Å². The number of Topliss-reactive ketones (excluding diaryl/α,β-unsaturated/α-hetero) is 1. The van der Waals surface area contributed by atoms with Crippen molar-refractivity contribution in [1.29, 1.82) is 0 Å². The van der Waals surface area contributed by atoms with Gasteiger partial charge >= 0.3 is 0 Å². The summed E-state index contributed by atoms with van der Waals surface area (Å²) in [5.41, 5.74) is 0.0374. The number of ketones is 1. The van der Waals surface area contributed by atoms with Crippen LogP contribution in [0.2, 0.25) is 0 Å². The summed E-state index contributed by atoms with van der Waals surface area (Å²) in [4.78, 5) is 14.7. The lowest BCUT2D eigenvalue weighted by molar-refractivity contribution is 0.0763. The summed E-state index contributed by atoms with van der Waals surface area (Å²) in [6.07, 6.45) is 3.83. The molecular formula is C15H17F2NO. The Kier molecular flexibility index (Phi) is 3.13. The van der Waals surface area contributed by atoms with Crippen LogP contribution in [0.1, 0.15) is 36.0 Å². The monoisotopic (exact) mass is 265 g/mol. The van der Waals surface area contributed by atoms with Crippen molar-refractivity contribution in [2.75, 3.05) is 7.05 Å². The van der Waals surface area contributed by atoms with Crippen molar-refractivity contribution in [3.63, 3.8) is 0 Å². The molecule has 0 aromatic heterocycles. The maximum absolute atomic E-state index is 13.7. The van der Waals surface area contributed by atoms with Gasteiger partial charge in [0.15, 0.2) is 5.78 Å². The average Bonchev–Trinajstić information content (AvgIpc) is 2.61. The molecule has 2 heterocycles. The number of hydrogen-bond acceptors (Lipinski definition) is 2. The van der Waals surface area contributed by atoms with Crippen molar-refractivity contribution >= 4 is 5.78 Å². The van der Waals surface area contributed by atoms with Gasteiger partial charge in [-0.25, -0.2) is 8.78 Å². The van der Waals surface area contributed by atoms with Gasteiger partial charge in [0.2, 0.25) is 0 Å². The molecule has 2 aliphatic rings. The first-order valence-corrected chi connectivity index (χ1v) is 6.77. The Morgan fingerprint density at radius 1 is 1.21 bits per heavy atom. The number of rotatable bonds is 2. The molecule has 0 saturated carbocycles. The average molecular weight is 265 g/mol. The quantitative estimate of drug-likeness (QED) is 0.766. The Morgan fingerprint density at radius 2 is 1.84 bits per heavy atom. The van der Waals surface area contributed by atoms with E-state index in [-0.39, 0.29) is 17.3 Å². The summed E-state index contributed by atoms with van der Waals surface area (Å²) >= 11 is 0. The summed E-state index contributed by atoms with van der Waals surface area (Å²) in [5, 5.41) is 0. The predicted octanol–water partition coefficient (Wildman–Crippen LogP) is 3.02. The molecule has 3 rings (SSSR count). The van der Waals surface area contributed by atoms with Crippen LogP contribution >= 0.6 is 0 Å². The van der Waals surface area contributed by atoms with Gasteiger partial charge in [0.1, 0.15) is 11.6 Å². The molecule has 2 saturated heterocycles. The summed E-state index contributed by atoms with van der Waals surface area (Å²) in [6, 6.07) is 4.09. The lowest BCUT2D eigenvalue weighted by atomic mass is 9.85. The fraction of sp³-hybridized carbons (Fsp3) is 0.533. The molecule has 2 fully saturated rings. The van der Waals surface area contributed by atoms with Crippen molar-refractivity contribution in [2.24, 2.45) is 5.92 Å². The van der Waals surface area contributed by atoms with E-state index in [1.54, 1.807) is 0 Å². The minimum atomic E-state index is -0.740. The van der Waals surface area contributed by atoms with E-state index in [1.165, 1.54) is 6.07 Å². The van der Waals surface area contributed by atoms with E-state index in [9.17, 15) is 13.6 Å². The Hall–Kier alpha value is -1.29. The second kappa shape index (κ2) is 4.67. The van der Waals surface area contributed by atoms with Crippen LogP contribution in [-0.2, 0) is 0 Å². The fourth-order valence-electron chi connectivity index (χ4n) is 3.53. The van der Waals surface area contributed by atoms with Gasteiger partial charge in [0.05, 0.1) is 5.56 Å². The van der Waals surface area contributed by atoms with Crippen LogP contribution in [0.25, 0.3) is 0 Å². The Labute approximate surface area is 111 Å². The van der Waals surface area contributed by atoms with Crippen molar-refractivity contribution < 1.29 is 13.6 Å². The normalized spacial score (nSPS) is 30.6. The van der Waals surface area contributed by atoms with Gasteiger partial charge in [-0.05, 0) is 44.9 Å². The Morgan fingerprint density at radius 3 is 2.42 bits per heavy atom. The van der Waals surface area contributed by atoms with Crippen LogP contribution in [0.15, 0.2) is 18.2 Å². The summed E-state index contributed by atoms with van der Waals surface area (Å²) in [5.74, 6) is -1.66. The highest BCUT2D eigenvalue weighted by atomic mass is 19.1. The smallest absolute Gasteiger partial charge is 0.169 e. The van der Waals surface area contributed by atoms with Crippen molar-refractivity contribution in [3.05, 3.63) is 35.4 Å². The molecule has 2 nitrogen and oxygen atoms in total. The van der Waals surface area contributed by atoms with Gasteiger partial charge in [-0.15, -0.1) is 0 Å². The molecule has 2 aliphatic heterocycles. The van der Waals surface area contributed by atoms with E-state index in [0.717, 1.165) is 37.8 Å². The van der Waals surface area contributed by atoms with Crippen LogP contribution in [0.4, 0.5) is 8.78 Å². The Balaban J connectivity index is 1.81. The van der Waals surface area contributed by atoms with Gasteiger partial charge in [0, 0.05) is 24.1 Å². The topological polar surface area (TPSA) is 20.3 Å². The zero-order valence-corrected chi connectivity index (χ0v) is 10.9. The van der Waals surface area contributed by atoms with Crippen LogP contribution in [0.3, 0.4) is 0 Å². The lowest BCUT2D eigenvalue weighted by Gasteiger charge is -2.35. The molecule has 0 N–H and O–H groups in total. The van der Waals surface area contributed by atoms with Gasteiger partial charge in [-0.3, -0.25) is 4.79 Å². The Bertz CT molecular complexity index is 503. The third-order valence-corrected chi connectivity index (χ3v) is 4.67. The van der Waals surface area contributed by atoms with Gasteiger partial charge in [0.25, 0.3) is 0 Å². The third-order valence-electron chi connectivity index (χ3n) is 4.67. The molecule has 0 amide bonds. The van der Waals surface area contributed by atoms with Crippen LogP contribution in [0.5, 0.6) is 0 Å². The number of piperidine rings is 1. The number of halogens is 2. The van der Waals surface area contributed by atoms with Gasteiger partial charge in [-0.2, -0.15) is 0 Å². The molecular weight excluding hydrogens is 248 g/mol. The van der Waals surface area contributed by atoms with Crippen LogP contribution in [0, 0.1) is 17.6 Å². The SMILES string of the molecule is CN1C2CCC1CC(C(=O)c1ccc(F)cc1F)C2. The minimum Gasteiger partial charge on any atom is -0.300 e. The highest BCUT2D eigenvalue weighted by Gasteiger charge is 2.41. The van der Waals surface area contributed by atoms with E-state index in [2.05, 4.69) is 11.9 Å². The third kappa shape index (κ3) is 2.18. The van der Waals surface area contributed by atoms with E-state index in [1.807, 2.05) is 0 Å². The zero-order valence-electron chi connectivity index (χ0n) is 10.9. The molecule has 4 heteroatoms. The lowest BCUT2D eigenvalue weighted by Crippen LogP contribution is -2.42. The fourth-order valence-corrected chi connectivity index (χ4v) is 3.53. The molecule has 0 spiro atoms. The van der Waals surface area contributed by atoms with Gasteiger partial charge in [-0.1, -0.05) is 0 Å². The minimum absolute atomic E-state index is 0.0374. The summed E-state index contributed by atoms with van der Waals surface area (Å²) in [6.45, 7) is 0. The first-order chi connectivity index (χ1) is 9.06. The van der Waals surface area contributed by atoms with Crippen molar-refractivity contribution in [2.45, 2.75) is 37.8 Å². The van der Waals surface area contributed by atoms with Gasteiger partial charge < -0.3 is 4.90 Å². The standard InChI is InChI=1S/C15H17F2NO/c1-18-11-3-4-12(18)7-9(6-11)15(19)13-5-2-10(16)8-14(13)17/h2,5,8-9,11-12H,3-4,6-7H2,1H3. The predicted molar refractivity (Wildman–Crippen MR) is 68.0 cm³/mol. The molecule has 2 bridgehead atoms. The highest BCUT2D eigenvalue weighted by molar-refractivity contribution is 5.98. The maximum Gasteiger partial charge on any atom is 0.169 e. The summed E-state index contributed by atoms with van der Waals surface area (Å²) in [7, 11) is 2.10. The zero-order chi connectivity index (χ0) is 13.6. The molecule has 1 aromatic rings. The van der Waals surface area contributed by atoms with E-state index < -0.39 is 11.6 Å². The highest BCUT2D eigenvalue weighted by Crippen LogP contribution is 2.38. The first-order valence-electron chi connectivity index (χ1n) is 6.77. The second-order valence-corrected chi connectivity index (χ2v) is 5.71. The molecule has 0 radical (unpaired) electrons. The maximum atomic E-state index is 13.7. The van der Waals surface area contributed by atoms with E-state index >= 15 is 0 Å². The van der Waals surface area contributed by atoms with Crippen molar-refractivity contribution in [1.82, 2.24) is 4.90 Å². The molecule has 1 aromatic carbocycles. The molecule has 2 atom stereocenters. The number of fused-ring (bicyclic) bond motifs is 2. The molecule has 0 aliphatic carbocycles. The summed E-state index contributed by atoms with van der Waals surface area (Å²) < 4.78 is 26.6. The van der Waals surface area contributed by atoms with E-state index in [4.69, 9.17) is 0 Å². The second-order valence-electron chi connectivity index (χ2n) is 5.71. The largest absolute Gasteiger partial charge is 0.300 e. The number of carbonyl (C=O) groups excluding carboxylic acids is 1. The van der Waals surface area contributed by atoms with E-state index in [0.29, 0.717) is 12.1 Å². The number of benzene rings is 1. The van der Waals surface area contributed by atoms with Crippen LogP contribution in [-0.4, -0.2) is 29.8 Å². The molecule has 2 unspecified atom stereocenters. The van der Waals surface area contributed by atoms with Crippen molar-refractivity contribution in [3.8, 4) is 0 Å². The number of carbonyl (C=O) groups is 1. The first kappa shape index (κ1) is 12.7. The molecule has 102 valence electrons.